The molecule has 0 aliphatic carbocycles. The van der Waals surface area contributed by atoms with Crippen LogP contribution < -0.4 is 15.0 Å². The summed E-state index contributed by atoms with van der Waals surface area (Å²) in [6, 6.07) is 6.04. The highest BCUT2D eigenvalue weighted by Gasteiger charge is 2.24. The molecule has 2 heterocycles. The number of methoxy groups -OCH3 is 2. The number of benzene rings is 1. The van der Waals surface area contributed by atoms with Gasteiger partial charge in [-0.3, -0.25) is 9.69 Å². The third kappa shape index (κ3) is 3.90. The van der Waals surface area contributed by atoms with Gasteiger partial charge in [-0.1, -0.05) is 6.07 Å². The van der Waals surface area contributed by atoms with Gasteiger partial charge in [0.25, 0.3) is 5.56 Å². The summed E-state index contributed by atoms with van der Waals surface area (Å²) in [5, 5.41) is 0. The SMILES string of the molecule is COc1ccc(CN2CCC[C@H](c3nc(C)c(C)c(=O)[nH]3)C2)cc1OC. The number of nitrogens with one attached hydrogen (secondary N) is 1. The van der Waals surface area contributed by atoms with E-state index in [1.165, 1.54) is 5.56 Å². The normalized spacial score (nSPS) is 17.9. The Kier molecular flexibility index (Phi) is 5.61. The first-order valence-electron chi connectivity index (χ1n) is 9.02. The number of rotatable bonds is 5. The molecule has 0 spiro atoms. The summed E-state index contributed by atoms with van der Waals surface area (Å²) in [6.45, 7) is 6.49. The van der Waals surface area contributed by atoms with Crippen molar-refractivity contribution >= 4 is 0 Å². The zero-order valence-electron chi connectivity index (χ0n) is 16.0. The van der Waals surface area contributed by atoms with E-state index in [4.69, 9.17) is 9.47 Å². The number of piperidine rings is 1. The summed E-state index contributed by atoms with van der Waals surface area (Å²) >= 11 is 0. The van der Waals surface area contributed by atoms with E-state index < -0.39 is 0 Å². The number of hydrogen-bond acceptors (Lipinski definition) is 5. The molecule has 0 amide bonds. The molecule has 1 aliphatic heterocycles. The number of ether oxygens (including phenoxy) is 2. The highest BCUT2D eigenvalue weighted by Crippen LogP contribution is 2.30. The van der Waals surface area contributed by atoms with E-state index in [2.05, 4.69) is 20.9 Å². The van der Waals surface area contributed by atoms with Crippen molar-refractivity contribution in [1.29, 1.82) is 0 Å². The Labute approximate surface area is 154 Å². The minimum Gasteiger partial charge on any atom is -0.493 e. The second-order valence-corrected chi connectivity index (χ2v) is 6.93. The number of likely N-dealkylation sites (tertiary alicyclic amines) is 1. The first kappa shape index (κ1) is 18.5. The van der Waals surface area contributed by atoms with Crippen LogP contribution in [-0.4, -0.2) is 42.2 Å². The molecule has 1 fully saturated rings. The lowest BCUT2D eigenvalue weighted by molar-refractivity contribution is 0.196. The van der Waals surface area contributed by atoms with Gasteiger partial charge in [0.15, 0.2) is 11.5 Å². The van der Waals surface area contributed by atoms with E-state index in [-0.39, 0.29) is 11.5 Å². The van der Waals surface area contributed by atoms with E-state index in [1.807, 2.05) is 26.0 Å². The minimum absolute atomic E-state index is 0.0236. The topological polar surface area (TPSA) is 67.5 Å². The molecule has 0 saturated carbocycles. The van der Waals surface area contributed by atoms with Crippen molar-refractivity contribution in [2.75, 3.05) is 27.3 Å². The number of H-pyrrole nitrogens is 1. The van der Waals surface area contributed by atoms with Crippen molar-refractivity contribution in [3.05, 3.63) is 51.2 Å². The molecule has 0 radical (unpaired) electrons. The van der Waals surface area contributed by atoms with Crippen LogP contribution in [0.25, 0.3) is 0 Å². The average molecular weight is 357 g/mol. The van der Waals surface area contributed by atoms with Gasteiger partial charge in [-0.2, -0.15) is 0 Å². The lowest BCUT2D eigenvalue weighted by Gasteiger charge is -2.32. The maximum absolute atomic E-state index is 12.1. The van der Waals surface area contributed by atoms with Gasteiger partial charge in [0.1, 0.15) is 5.82 Å². The predicted octanol–water partition coefficient (Wildman–Crippen LogP) is 2.78. The van der Waals surface area contributed by atoms with Crippen molar-refractivity contribution in [2.24, 2.45) is 0 Å². The van der Waals surface area contributed by atoms with Gasteiger partial charge in [-0.15, -0.1) is 0 Å². The predicted molar refractivity (Wildman–Crippen MR) is 101 cm³/mol. The van der Waals surface area contributed by atoms with Crippen LogP contribution in [0.2, 0.25) is 0 Å². The Morgan fingerprint density at radius 3 is 2.69 bits per heavy atom. The molecular formula is C20H27N3O3. The Bertz CT molecular complexity index is 832. The van der Waals surface area contributed by atoms with Crippen LogP contribution in [0.1, 0.15) is 41.4 Å². The van der Waals surface area contributed by atoms with Crippen molar-refractivity contribution in [3.63, 3.8) is 0 Å². The van der Waals surface area contributed by atoms with Gasteiger partial charge >= 0.3 is 0 Å². The van der Waals surface area contributed by atoms with Gasteiger partial charge < -0.3 is 14.5 Å². The van der Waals surface area contributed by atoms with Crippen LogP contribution >= 0.6 is 0 Å². The molecule has 1 atom stereocenters. The fourth-order valence-electron chi connectivity index (χ4n) is 3.52. The van der Waals surface area contributed by atoms with Crippen LogP contribution in [0.3, 0.4) is 0 Å². The first-order valence-corrected chi connectivity index (χ1v) is 9.02. The molecule has 3 rings (SSSR count). The van der Waals surface area contributed by atoms with E-state index >= 15 is 0 Å². The van der Waals surface area contributed by atoms with Crippen molar-refractivity contribution < 1.29 is 9.47 Å². The fraction of sp³-hybridized carbons (Fsp3) is 0.500. The summed E-state index contributed by atoms with van der Waals surface area (Å²) in [5.41, 5.74) is 2.68. The highest BCUT2D eigenvalue weighted by molar-refractivity contribution is 5.42. The van der Waals surface area contributed by atoms with Crippen LogP contribution in [-0.2, 0) is 6.54 Å². The zero-order valence-corrected chi connectivity index (χ0v) is 16.0. The molecule has 1 aromatic heterocycles. The third-order valence-electron chi connectivity index (χ3n) is 5.16. The molecule has 1 aromatic carbocycles. The average Bonchev–Trinajstić information content (AvgIpc) is 2.65. The molecule has 1 aliphatic rings. The molecular weight excluding hydrogens is 330 g/mol. The summed E-state index contributed by atoms with van der Waals surface area (Å²) in [4.78, 5) is 22.1. The standard InChI is InChI=1S/C20H27N3O3/c1-13-14(2)21-19(22-20(13)24)16-6-5-9-23(12-16)11-15-7-8-17(25-3)18(10-15)26-4/h7-8,10,16H,5-6,9,11-12H2,1-4H3,(H,21,22,24)/t16-/m0/s1. The van der Waals surface area contributed by atoms with Gasteiger partial charge in [-0.05, 0) is 50.9 Å². The minimum atomic E-state index is -0.0236. The largest absolute Gasteiger partial charge is 0.493 e. The van der Waals surface area contributed by atoms with Crippen molar-refractivity contribution in [2.45, 2.75) is 39.2 Å². The van der Waals surface area contributed by atoms with E-state index in [1.54, 1.807) is 14.2 Å². The zero-order chi connectivity index (χ0) is 18.7. The Morgan fingerprint density at radius 2 is 2.00 bits per heavy atom. The lowest BCUT2D eigenvalue weighted by atomic mass is 9.96. The third-order valence-corrected chi connectivity index (χ3v) is 5.16. The molecule has 6 nitrogen and oxygen atoms in total. The maximum atomic E-state index is 12.1. The molecule has 140 valence electrons. The molecule has 6 heteroatoms. The number of aromatic nitrogens is 2. The van der Waals surface area contributed by atoms with E-state index in [0.717, 1.165) is 55.5 Å². The highest BCUT2D eigenvalue weighted by atomic mass is 16.5. The Balaban J connectivity index is 1.74. The first-order chi connectivity index (χ1) is 12.5. The van der Waals surface area contributed by atoms with Gasteiger partial charge in [-0.25, -0.2) is 4.98 Å². The number of aromatic amines is 1. The number of hydrogen-bond donors (Lipinski definition) is 1. The van der Waals surface area contributed by atoms with Gasteiger partial charge in [0.2, 0.25) is 0 Å². The molecule has 1 saturated heterocycles. The molecule has 26 heavy (non-hydrogen) atoms. The van der Waals surface area contributed by atoms with E-state index in [0.29, 0.717) is 5.56 Å². The second kappa shape index (κ2) is 7.91. The molecule has 2 aromatic rings. The monoisotopic (exact) mass is 357 g/mol. The van der Waals surface area contributed by atoms with E-state index in [9.17, 15) is 4.79 Å². The smallest absolute Gasteiger partial charge is 0.254 e. The number of aryl methyl sites for hydroxylation is 1. The molecule has 0 bridgehead atoms. The number of nitrogens with zero attached hydrogens (tertiary/aromatic N) is 2. The van der Waals surface area contributed by atoms with Gasteiger partial charge in [0.05, 0.1) is 14.2 Å². The lowest BCUT2D eigenvalue weighted by Crippen LogP contribution is -2.35. The fourth-order valence-corrected chi connectivity index (χ4v) is 3.52. The molecule has 1 N–H and O–H groups in total. The summed E-state index contributed by atoms with van der Waals surface area (Å²) in [5.74, 6) is 2.56. The summed E-state index contributed by atoms with van der Waals surface area (Å²) in [6.07, 6.45) is 2.14. The van der Waals surface area contributed by atoms with Crippen LogP contribution in [0, 0.1) is 13.8 Å². The molecule has 0 unspecified atom stereocenters. The van der Waals surface area contributed by atoms with Crippen molar-refractivity contribution in [3.8, 4) is 11.5 Å². The maximum Gasteiger partial charge on any atom is 0.254 e. The summed E-state index contributed by atoms with van der Waals surface area (Å²) in [7, 11) is 3.30. The Morgan fingerprint density at radius 1 is 1.23 bits per heavy atom. The van der Waals surface area contributed by atoms with Crippen LogP contribution in [0.15, 0.2) is 23.0 Å². The quantitative estimate of drug-likeness (QED) is 0.891. The Hall–Kier alpha value is -2.34. The summed E-state index contributed by atoms with van der Waals surface area (Å²) < 4.78 is 10.7. The van der Waals surface area contributed by atoms with Crippen molar-refractivity contribution in [1.82, 2.24) is 14.9 Å². The van der Waals surface area contributed by atoms with Crippen LogP contribution in [0.5, 0.6) is 11.5 Å². The van der Waals surface area contributed by atoms with Crippen LogP contribution in [0.4, 0.5) is 0 Å². The van der Waals surface area contributed by atoms with Gasteiger partial charge in [0, 0.05) is 30.3 Å². The second-order valence-electron chi connectivity index (χ2n) is 6.93.